The van der Waals surface area contributed by atoms with Gasteiger partial charge in [0.2, 0.25) is 11.8 Å². The second kappa shape index (κ2) is 8.58. The van der Waals surface area contributed by atoms with E-state index in [1.165, 1.54) is 0 Å². The van der Waals surface area contributed by atoms with Gasteiger partial charge in [-0.25, -0.2) is 0 Å². The van der Waals surface area contributed by atoms with Crippen LogP contribution >= 0.6 is 0 Å². The lowest BCUT2D eigenvalue weighted by Crippen LogP contribution is -2.58. The second-order valence-corrected chi connectivity index (χ2v) is 9.97. The van der Waals surface area contributed by atoms with E-state index in [1.807, 2.05) is 36.9 Å². The zero-order chi connectivity index (χ0) is 23.0. The number of aromatic nitrogens is 1. The number of hydrogen-bond donors (Lipinski definition) is 1. The van der Waals surface area contributed by atoms with Crippen molar-refractivity contribution in [2.24, 2.45) is 5.41 Å². The zero-order valence-corrected chi connectivity index (χ0v) is 19.5. The van der Waals surface area contributed by atoms with E-state index in [0.717, 1.165) is 22.6 Å². The number of carbonyl (C=O) groups excluding carboxylic acids is 2. The fourth-order valence-corrected chi connectivity index (χ4v) is 4.42. The van der Waals surface area contributed by atoms with Gasteiger partial charge in [-0.3, -0.25) is 14.5 Å². The van der Waals surface area contributed by atoms with Gasteiger partial charge in [-0.2, -0.15) is 0 Å². The van der Waals surface area contributed by atoms with Crippen LogP contribution in [0.2, 0.25) is 0 Å². The molecular formula is C24H32N4O4. The number of amides is 2. The van der Waals surface area contributed by atoms with Gasteiger partial charge in [0.05, 0.1) is 24.0 Å². The molecule has 2 aliphatic heterocycles. The number of carbonyl (C=O) groups is 2. The van der Waals surface area contributed by atoms with E-state index in [4.69, 9.17) is 9.26 Å². The van der Waals surface area contributed by atoms with Crippen LogP contribution in [0.15, 0.2) is 22.7 Å². The minimum absolute atomic E-state index is 0.0355. The Morgan fingerprint density at radius 1 is 1.25 bits per heavy atom. The molecule has 0 bridgehead atoms. The lowest BCUT2D eigenvalue weighted by atomic mass is 9.91. The average Bonchev–Trinajstić information content (AvgIpc) is 3.06. The number of ether oxygens (including phenoxy) is 1. The molecular weight excluding hydrogens is 408 g/mol. The summed E-state index contributed by atoms with van der Waals surface area (Å²) in [4.78, 5) is 29.6. The summed E-state index contributed by atoms with van der Waals surface area (Å²) in [6.07, 6.45) is 0.508. The molecule has 1 N–H and O–H groups in total. The molecule has 1 aromatic heterocycles. The number of benzene rings is 1. The fraction of sp³-hybridized carbons (Fsp3) is 0.542. The predicted octanol–water partition coefficient (Wildman–Crippen LogP) is 3.24. The maximum absolute atomic E-state index is 12.8. The first-order valence-corrected chi connectivity index (χ1v) is 11.1. The van der Waals surface area contributed by atoms with Crippen LogP contribution in [0.3, 0.4) is 0 Å². The number of hydrogen-bond acceptors (Lipinski definition) is 6. The van der Waals surface area contributed by atoms with Gasteiger partial charge in [0.1, 0.15) is 18.1 Å². The normalized spacial score (nSPS) is 19.7. The number of fused-ring (bicyclic) bond motifs is 2. The Morgan fingerprint density at radius 2 is 2.03 bits per heavy atom. The van der Waals surface area contributed by atoms with Gasteiger partial charge in [0.15, 0.2) is 0 Å². The maximum atomic E-state index is 12.8. The lowest BCUT2D eigenvalue weighted by Gasteiger charge is -2.41. The molecule has 2 aromatic rings. The quantitative estimate of drug-likeness (QED) is 0.771. The third kappa shape index (κ3) is 4.80. The van der Waals surface area contributed by atoms with Gasteiger partial charge in [0.25, 0.3) is 0 Å². The first kappa shape index (κ1) is 22.3. The fourth-order valence-electron chi connectivity index (χ4n) is 4.42. The van der Waals surface area contributed by atoms with Crippen molar-refractivity contribution in [2.45, 2.75) is 47.1 Å². The van der Waals surface area contributed by atoms with Crippen molar-refractivity contribution >= 4 is 17.5 Å². The largest absolute Gasteiger partial charge is 0.490 e. The predicted molar refractivity (Wildman–Crippen MR) is 122 cm³/mol. The second-order valence-electron chi connectivity index (χ2n) is 9.97. The highest BCUT2D eigenvalue weighted by Crippen LogP contribution is 2.34. The molecule has 1 atom stereocenters. The standard InChI is InChI=1S/C24H32N4O4/c1-15-23(16(2)32-26-15)17-6-7-20-19(10-17)25-21(29)13-27-8-9-28(12-18(27)14-31-20)22(30)11-24(3,4)5/h6-7,10,18H,8-9,11-14H2,1-5H3,(H,25,29)/t18-/m1/s1. The van der Waals surface area contributed by atoms with Crippen LogP contribution in [0.5, 0.6) is 5.75 Å². The van der Waals surface area contributed by atoms with Crippen molar-refractivity contribution in [3.8, 4) is 16.9 Å². The van der Waals surface area contributed by atoms with E-state index >= 15 is 0 Å². The van der Waals surface area contributed by atoms with Crippen LogP contribution in [0.4, 0.5) is 5.69 Å². The van der Waals surface area contributed by atoms with E-state index in [0.29, 0.717) is 44.1 Å². The number of rotatable bonds is 2. The molecule has 0 spiro atoms. The van der Waals surface area contributed by atoms with Gasteiger partial charge in [0, 0.05) is 31.6 Å². The monoisotopic (exact) mass is 440 g/mol. The number of aryl methyl sites for hydroxylation is 2. The summed E-state index contributed by atoms with van der Waals surface area (Å²) >= 11 is 0. The van der Waals surface area contributed by atoms with E-state index in [2.05, 4.69) is 36.1 Å². The number of nitrogens with one attached hydrogen (secondary N) is 1. The molecule has 0 saturated carbocycles. The number of anilines is 1. The summed E-state index contributed by atoms with van der Waals surface area (Å²) in [7, 11) is 0. The minimum Gasteiger partial charge on any atom is -0.490 e. The average molecular weight is 441 g/mol. The number of nitrogens with zero attached hydrogens (tertiary/aromatic N) is 3. The summed E-state index contributed by atoms with van der Waals surface area (Å²) in [5.74, 6) is 1.42. The first-order chi connectivity index (χ1) is 15.1. The molecule has 1 saturated heterocycles. The summed E-state index contributed by atoms with van der Waals surface area (Å²) in [6.45, 7) is 12.5. The molecule has 8 heteroatoms. The molecule has 1 aromatic carbocycles. The van der Waals surface area contributed by atoms with Crippen molar-refractivity contribution in [1.29, 1.82) is 0 Å². The Bertz CT molecular complexity index is 1000. The van der Waals surface area contributed by atoms with Crippen molar-refractivity contribution in [2.75, 3.05) is 38.1 Å². The highest BCUT2D eigenvalue weighted by atomic mass is 16.5. The van der Waals surface area contributed by atoms with Crippen LogP contribution in [0.1, 0.15) is 38.6 Å². The zero-order valence-electron chi connectivity index (χ0n) is 19.5. The Labute approximate surface area is 188 Å². The third-order valence-electron chi connectivity index (χ3n) is 5.99. The summed E-state index contributed by atoms with van der Waals surface area (Å²) < 4.78 is 11.5. The summed E-state index contributed by atoms with van der Waals surface area (Å²) in [6, 6.07) is 5.69. The molecule has 4 rings (SSSR count). The molecule has 0 radical (unpaired) electrons. The number of piperazine rings is 1. The molecule has 0 aliphatic carbocycles. The van der Waals surface area contributed by atoms with Gasteiger partial charge < -0.3 is 19.5 Å². The molecule has 1 fully saturated rings. The van der Waals surface area contributed by atoms with E-state index in [9.17, 15) is 9.59 Å². The van der Waals surface area contributed by atoms with Crippen LogP contribution in [-0.2, 0) is 9.59 Å². The van der Waals surface area contributed by atoms with Gasteiger partial charge in [-0.1, -0.05) is 32.0 Å². The van der Waals surface area contributed by atoms with Crippen molar-refractivity contribution in [3.05, 3.63) is 29.7 Å². The van der Waals surface area contributed by atoms with Crippen molar-refractivity contribution in [1.82, 2.24) is 15.0 Å². The molecule has 2 amide bonds. The Kier molecular flexibility index (Phi) is 5.99. The maximum Gasteiger partial charge on any atom is 0.238 e. The lowest BCUT2D eigenvalue weighted by molar-refractivity contribution is -0.136. The SMILES string of the molecule is Cc1noc(C)c1-c1ccc2c(c1)NC(=O)CN1CCN(C(=O)CC(C)(C)C)C[C@@H]1CO2. The van der Waals surface area contributed by atoms with Crippen LogP contribution in [0.25, 0.3) is 11.1 Å². The molecule has 3 heterocycles. The van der Waals surface area contributed by atoms with Crippen molar-refractivity contribution in [3.63, 3.8) is 0 Å². The van der Waals surface area contributed by atoms with E-state index in [1.54, 1.807) is 0 Å². The summed E-state index contributed by atoms with van der Waals surface area (Å²) in [5.41, 5.74) is 3.22. The molecule has 32 heavy (non-hydrogen) atoms. The van der Waals surface area contributed by atoms with Crippen LogP contribution in [-0.4, -0.2) is 65.6 Å². The third-order valence-corrected chi connectivity index (χ3v) is 5.99. The smallest absolute Gasteiger partial charge is 0.238 e. The topological polar surface area (TPSA) is 87.9 Å². The van der Waals surface area contributed by atoms with E-state index in [-0.39, 0.29) is 29.8 Å². The highest BCUT2D eigenvalue weighted by Gasteiger charge is 2.33. The Hall–Kier alpha value is -2.87. The molecule has 8 nitrogen and oxygen atoms in total. The van der Waals surface area contributed by atoms with Crippen molar-refractivity contribution < 1.29 is 18.8 Å². The van der Waals surface area contributed by atoms with Gasteiger partial charge >= 0.3 is 0 Å². The Morgan fingerprint density at radius 3 is 2.72 bits per heavy atom. The highest BCUT2D eigenvalue weighted by molar-refractivity contribution is 5.95. The molecule has 0 unspecified atom stereocenters. The minimum atomic E-state index is -0.0906. The Balaban J connectivity index is 1.54. The van der Waals surface area contributed by atoms with Gasteiger partial charge in [-0.15, -0.1) is 0 Å². The summed E-state index contributed by atoms with van der Waals surface area (Å²) in [5, 5.41) is 7.03. The van der Waals surface area contributed by atoms with Gasteiger partial charge in [-0.05, 0) is 37.0 Å². The first-order valence-electron chi connectivity index (χ1n) is 11.1. The van der Waals surface area contributed by atoms with Crippen LogP contribution in [0, 0.1) is 19.3 Å². The van der Waals surface area contributed by atoms with E-state index < -0.39 is 0 Å². The van der Waals surface area contributed by atoms with Crippen LogP contribution < -0.4 is 10.1 Å². The molecule has 2 aliphatic rings. The molecule has 172 valence electrons.